The summed E-state index contributed by atoms with van der Waals surface area (Å²) in [6.07, 6.45) is 4.47. The Labute approximate surface area is 206 Å². The Morgan fingerprint density at radius 2 is 1.80 bits per heavy atom. The van der Waals surface area contributed by atoms with Crippen LogP contribution in [0.1, 0.15) is 44.6 Å². The van der Waals surface area contributed by atoms with E-state index in [4.69, 9.17) is 4.74 Å². The minimum Gasteiger partial charge on any atom is -0.372 e. The van der Waals surface area contributed by atoms with E-state index in [9.17, 15) is 18.8 Å². The Kier molecular flexibility index (Phi) is 8.91. The van der Waals surface area contributed by atoms with Gasteiger partial charge in [0, 0.05) is 64.0 Å². The van der Waals surface area contributed by atoms with Gasteiger partial charge in [0.25, 0.3) is 5.56 Å². The van der Waals surface area contributed by atoms with Gasteiger partial charge in [-0.15, -0.1) is 0 Å². The fraction of sp³-hybridized carbons (Fsp3) is 0.720. The zero-order chi connectivity index (χ0) is 24.8. The average molecular weight is 492 g/mol. The van der Waals surface area contributed by atoms with E-state index >= 15 is 0 Å². The normalized spacial score (nSPS) is 25.1. The third-order valence-corrected chi connectivity index (χ3v) is 7.27. The molecule has 2 atom stereocenters. The molecule has 0 aromatic carbocycles. The zero-order valence-electron chi connectivity index (χ0n) is 20.7. The fourth-order valence-electron chi connectivity index (χ4n) is 5.22. The average Bonchev–Trinajstić information content (AvgIpc) is 2.84. The number of halogens is 1. The molecule has 0 radical (unpaired) electrons. The van der Waals surface area contributed by atoms with Crippen molar-refractivity contribution in [2.24, 2.45) is 0 Å². The number of imide groups is 1. The van der Waals surface area contributed by atoms with E-state index < -0.39 is 12.2 Å². The molecule has 0 bridgehead atoms. The number of urea groups is 1. The van der Waals surface area contributed by atoms with Gasteiger partial charge in [0.2, 0.25) is 5.91 Å². The third-order valence-electron chi connectivity index (χ3n) is 7.27. The van der Waals surface area contributed by atoms with E-state index in [1.165, 1.54) is 4.90 Å². The Bertz CT molecular complexity index is 933. The Morgan fingerprint density at radius 1 is 1.03 bits per heavy atom. The van der Waals surface area contributed by atoms with E-state index in [1.54, 1.807) is 16.8 Å². The highest BCUT2D eigenvalue weighted by Gasteiger charge is 2.32. The van der Waals surface area contributed by atoms with E-state index in [1.807, 2.05) is 6.07 Å². The van der Waals surface area contributed by atoms with Crippen LogP contribution < -0.4 is 10.9 Å². The number of piperidine rings is 2. The number of hydrogen-bond donors (Lipinski definition) is 1. The number of carbonyl (C=O) groups excluding carboxylic acids is 2. The van der Waals surface area contributed by atoms with Crippen LogP contribution >= 0.6 is 0 Å². The van der Waals surface area contributed by atoms with Crippen molar-refractivity contribution in [1.82, 2.24) is 24.6 Å². The van der Waals surface area contributed by atoms with Crippen LogP contribution in [0.15, 0.2) is 23.1 Å². The lowest BCUT2D eigenvalue weighted by molar-refractivity contribution is -0.121. The van der Waals surface area contributed by atoms with Gasteiger partial charge in [-0.25, -0.2) is 9.18 Å². The highest BCUT2D eigenvalue weighted by atomic mass is 19.1. The number of nitrogens with one attached hydrogen (secondary N) is 1. The maximum absolute atomic E-state index is 14.6. The van der Waals surface area contributed by atoms with Crippen LogP contribution in [-0.2, 0) is 22.6 Å². The predicted octanol–water partition coefficient (Wildman–Crippen LogP) is 1.59. The number of alkyl halides is 1. The zero-order valence-corrected chi connectivity index (χ0v) is 20.7. The largest absolute Gasteiger partial charge is 0.372 e. The predicted molar refractivity (Wildman–Crippen MR) is 130 cm³/mol. The number of likely N-dealkylation sites (tertiary alicyclic amines) is 2. The van der Waals surface area contributed by atoms with Gasteiger partial charge < -0.3 is 24.0 Å². The Hall–Kier alpha value is -2.30. The molecule has 35 heavy (non-hydrogen) atoms. The molecule has 3 saturated heterocycles. The summed E-state index contributed by atoms with van der Waals surface area (Å²) >= 11 is 0. The Balaban J connectivity index is 1.21. The van der Waals surface area contributed by atoms with Gasteiger partial charge in [0.1, 0.15) is 6.17 Å². The third kappa shape index (κ3) is 6.89. The van der Waals surface area contributed by atoms with Crippen LogP contribution in [0.25, 0.3) is 0 Å². The summed E-state index contributed by atoms with van der Waals surface area (Å²) in [7, 11) is 0. The first-order chi connectivity index (χ1) is 16.9. The minimum absolute atomic E-state index is 0.0980. The highest BCUT2D eigenvalue weighted by molar-refractivity contribution is 5.96. The Morgan fingerprint density at radius 3 is 2.51 bits per heavy atom. The molecule has 4 heterocycles. The summed E-state index contributed by atoms with van der Waals surface area (Å²) in [6, 6.07) is 3.10. The van der Waals surface area contributed by atoms with Crippen LogP contribution in [0.4, 0.5) is 9.18 Å². The van der Waals surface area contributed by atoms with Crippen molar-refractivity contribution in [1.29, 1.82) is 0 Å². The molecule has 0 spiro atoms. The summed E-state index contributed by atoms with van der Waals surface area (Å²) in [4.78, 5) is 42.2. The van der Waals surface area contributed by atoms with Crippen molar-refractivity contribution in [3.8, 4) is 0 Å². The van der Waals surface area contributed by atoms with E-state index in [2.05, 4.69) is 22.0 Å². The van der Waals surface area contributed by atoms with Crippen molar-refractivity contribution >= 4 is 11.9 Å². The summed E-state index contributed by atoms with van der Waals surface area (Å²) in [5.41, 5.74) is 0.425. The van der Waals surface area contributed by atoms with Crippen molar-refractivity contribution in [2.75, 3.05) is 45.8 Å². The number of pyridine rings is 1. The molecular formula is C25H38FN5O4. The fourth-order valence-corrected chi connectivity index (χ4v) is 5.22. The minimum atomic E-state index is -0.913. The standard InChI is InChI=1S/C25H38FN5O4/c1-2-9-29-13-7-22(21(26)18-29)35-20-5-11-28(12-6-20)15-16-30-10-3-4-19(24(30)33)17-31-14-8-23(32)27-25(31)34/h3-4,10,20-22H,2,5-9,11-18H2,1H3,(H,27,32,34). The molecule has 2 unspecified atom stereocenters. The van der Waals surface area contributed by atoms with E-state index in [0.717, 1.165) is 58.4 Å². The van der Waals surface area contributed by atoms with Gasteiger partial charge in [-0.1, -0.05) is 13.0 Å². The molecule has 9 nitrogen and oxygen atoms in total. The van der Waals surface area contributed by atoms with Gasteiger partial charge in [-0.05, 0) is 38.3 Å². The van der Waals surface area contributed by atoms with Crippen LogP contribution in [0.3, 0.4) is 0 Å². The second-order valence-electron chi connectivity index (χ2n) is 9.88. The van der Waals surface area contributed by atoms with Gasteiger partial charge >= 0.3 is 6.03 Å². The van der Waals surface area contributed by atoms with Crippen molar-refractivity contribution in [3.05, 3.63) is 34.2 Å². The molecular weight excluding hydrogens is 453 g/mol. The van der Waals surface area contributed by atoms with Crippen LogP contribution in [0.5, 0.6) is 0 Å². The van der Waals surface area contributed by atoms with E-state index in [-0.39, 0.29) is 36.6 Å². The quantitative estimate of drug-likeness (QED) is 0.565. The first-order valence-corrected chi connectivity index (χ1v) is 12.9. The van der Waals surface area contributed by atoms with Gasteiger partial charge in [-0.2, -0.15) is 0 Å². The van der Waals surface area contributed by atoms with Crippen molar-refractivity contribution in [3.63, 3.8) is 0 Å². The molecule has 10 heteroatoms. The number of hydrogen-bond acceptors (Lipinski definition) is 6. The van der Waals surface area contributed by atoms with Gasteiger partial charge in [-0.3, -0.25) is 14.9 Å². The van der Waals surface area contributed by atoms with Crippen LogP contribution in [-0.4, -0.2) is 95.4 Å². The number of ether oxygens (including phenoxy) is 1. The van der Waals surface area contributed by atoms with Crippen molar-refractivity contribution < 1.29 is 18.7 Å². The van der Waals surface area contributed by atoms with Crippen LogP contribution in [0, 0.1) is 0 Å². The highest BCUT2D eigenvalue weighted by Crippen LogP contribution is 2.23. The SMILES string of the molecule is CCCN1CCC(OC2CCN(CCn3cccc(CN4CCC(=O)NC4=O)c3=O)CC2)C(F)C1. The first kappa shape index (κ1) is 25.8. The molecule has 3 aliphatic heterocycles. The second-order valence-corrected chi connectivity index (χ2v) is 9.88. The topological polar surface area (TPSA) is 87.1 Å². The molecule has 3 fully saturated rings. The summed E-state index contributed by atoms with van der Waals surface area (Å²) in [6.45, 7) is 8.01. The van der Waals surface area contributed by atoms with E-state index in [0.29, 0.717) is 25.2 Å². The molecule has 0 aliphatic carbocycles. The molecule has 4 rings (SSSR count). The summed E-state index contributed by atoms with van der Waals surface area (Å²) < 4.78 is 22.4. The molecule has 1 N–H and O–H groups in total. The number of nitrogens with zero attached hydrogens (tertiary/aromatic N) is 4. The lowest BCUT2D eigenvalue weighted by Gasteiger charge is -2.38. The molecule has 0 saturated carbocycles. The lowest BCUT2D eigenvalue weighted by atomic mass is 10.0. The number of aromatic nitrogens is 1. The van der Waals surface area contributed by atoms with Gasteiger partial charge in [0.05, 0.1) is 18.8 Å². The molecule has 1 aromatic heterocycles. The number of carbonyl (C=O) groups is 2. The molecule has 3 amide bonds. The summed E-state index contributed by atoms with van der Waals surface area (Å²) in [5, 5.41) is 2.29. The molecule has 3 aliphatic rings. The first-order valence-electron chi connectivity index (χ1n) is 12.9. The molecule has 1 aromatic rings. The maximum atomic E-state index is 14.6. The van der Waals surface area contributed by atoms with Crippen LogP contribution in [0.2, 0.25) is 0 Å². The van der Waals surface area contributed by atoms with Gasteiger partial charge in [0.15, 0.2) is 0 Å². The summed E-state index contributed by atoms with van der Waals surface area (Å²) in [5.74, 6) is -0.284. The monoisotopic (exact) mass is 491 g/mol. The second kappa shape index (κ2) is 12.1. The number of rotatable bonds is 9. The molecule has 194 valence electrons. The number of amides is 3. The smallest absolute Gasteiger partial charge is 0.324 e. The lowest BCUT2D eigenvalue weighted by Crippen LogP contribution is -2.49. The maximum Gasteiger partial charge on any atom is 0.324 e. The van der Waals surface area contributed by atoms with Crippen molar-refractivity contribution in [2.45, 2.75) is 70.5 Å².